The molecule has 20 heavy (non-hydrogen) atoms. The molecule has 1 aliphatic carbocycles. The van der Waals surface area contributed by atoms with Gasteiger partial charge in [0, 0.05) is 31.1 Å². The maximum atomic E-state index is 6.02. The highest BCUT2D eigenvalue weighted by molar-refractivity contribution is 7.18. The van der Waals surface area contributed by atoms with Crippen LogP contribution in [0, 0.1) is 0 Å². The van der Waals surface area contributed by atoms with Crippen LogP contribution < -0.4 is 10.6 Å². The van der Waals surface area contributed by atoms with Gasteiger partial charge < -0.3 is 15.4 Å². The van der Waals surface area contributed by atoms with Crippen LogP contribution in [0.1, 0.15) is 24.1 Å². The summed E-state index contributed by atoms with van der Waals surface area (Å²) in [6, 6.07) is 2.95. The second kappa shape index (κ2) is 5.63. The van der Waals surface area contributed by atoms with E-state index in [0.717, 1.165) is 35.3 Å². The molecule has 108 valence electrons. The average Bonchev–Trinajstić information content (AvgIpc) is 3.03. The molecular formula is C14H20N4OS. The minimum absolute atomic E-state index is 0.325. The molecule has 1 saturated carbocycles. The lowest BCUT2D eigenvalue weighted by Crippen LogP contribution is -2.31. The van der Waals surface area contributed by atoms with Gasteiger partial charge in [-0.3, -0.25) is 0 Å². The molecule has 6 heteroatoms. The van der Waals surface area contributed by atoms with E-state index in [0.29, 0.717) is 18.7 Å². The highest BCUT2D eigenvalue weighted by atomic mass is 32.1. The molecule has 2 heterocycles. The van der Waals surface area contributed by atoms with E-state index in [1.807, 2.05) is 0 Å². The summed E-state index contributed by atoms with van der Waals surface area (Å²) in [5.74, 6) is 1.01. The summed E-state index contributed by atoms with van der Waals surface area (Å²) in [5.41, 5.74) is 6.02. The number of nitrogens with two attached hydrogens (primary N) is 1. The first-order chi connectivity index (χ1) is 9.69. The minimum atomic E-state index is 0.325. The van der Waals surface area contributed by atoms with E-state index in [2.05, 4.69) is 28.0 Å². The van der Waals surface area contributed by atoms with Crippen LogP contribution in [0.4, 0.5) is 5.82 Å². The maximum absolute atomic E-state index is 6.02. The SMILES string of the molecule is COCc1cc2c(N(C)C3CCC(N)C3)ncnc2s1. The largest absolute Gasteiger partial charge is 0.379 e. The summed E-state index contributed by atoms with van der Waals surface area (Å²) in [6.07, 6.45) is 4.92. The summed E-state index contributed by atoms with van der Waals surface area (Å²) in [7, 11) is 3.82. The van der Waals surface area contributed by atoms with E-state index in [1.165, 1.54) is 4.88 Å². The van der Waals surface area contributed by atoms with E-state index in [1.54, 1.807) is 24.8 Å². The fourth-order valence-corrected chi connectivity index (χ4v) is 3.87. The molecule has 2 aromatic rings. The molecule has 2 unspecified atom stereocenters. The Balaban J connectivity index is 1.93. The van der Waals surface area contributed by atoms with Gasteiger partial charge in [0.2, 0.25) is 0 Å². The summed E-state index contributed by atoms with van der Waals surface area (Å²) < 4.78 is 5.20. The molecule has 0 bridgehead atoms. The van der Waals surface area contributed by atoms with Crippen LogP contribution in [-0.2, 0) is 11.3 Å². The third-order valence-corrected chi connectivity index (χ3v) is 4.99. The van der Waals surface area contributed by atoms with Crippen molar-refractivity contribution in [1.82, 2.24) is 9.97 Å². The van der Waals surface area contributed by atoms with E-state index < -0.39 is 0 Å². The number of anilines is 1. The zero-order valence-electron chi connectivity index (χ0n) is 11.9. The van der Waals surface area contributed by atoms with Gasteiger partial charge in [-0.05, 0) is 25.3 Å². The summed E-state index contributed by atoms with van der Waals surface area (Å²) in [6.45, 7) is 0.623. The number of methoxy groups -OCH3 is 1. The van der Waals surface area contributed by atoms with Crippen LogP contribution in [0.5, 0.6) is 0 Å². The van der Waals surface area contributed by atoms with E-state index >= 15 is 0 Å². The number of rotatable bonds is 4. The quantitative estimate of drug-likeness (QED) is 0.935. The Hall–Kier alpha value is -1.24. The predicted molar refractivity (Wildman–Crippen MR) is 82.1 cm³/mol. The van der Waals surface area contributed by atoms with Gasteiger partial charge in [-0.25, -0.2) is 9.97 Å². The van der Waals surface area contributed by atoms with Crippen molar-refractivity contribution < 1.29 is 4.74 Å². The van der Waals surface area contributed by atoms with E-state index in [4.69, 9.17) is 10.5 Å². The number of ether oxygens (including phenoxy) is 1. The third kappa shape index (κ3) is 2.51. The molecule has 2 atom stereocenters. The number of hydrogen-bond donors (Lipinski definition) is 1. The van der Waals surface area contributed by atoms with Crippen LogP contribution in [-0.4, -0.2) is 36.2 Å². The fourth-order valence-electron chi connectivity index (χ4n) is 2.90. The van der Waals surface area contributed by atoms with Gasteiger partial charge in [0.25, 0.3) is 0 Å². The van der Waals surface area contributed by atoms with Gasteiger partial charge in [-0.2, -0.15) is 0 Å². The van der Waals surface area contributed by atoms with Crippen molar-refractivity contribution in [3.63, 3.8) is 0 Å². The van der Waals surface area contributed by atoms with Gasteiger partial charge in [0.05, 0.1) is 12.0 Å². The van der Waals surface area contributed by atoms with Gasteiger partial charge >= 0.3 is 0 Å². The molecular weight excluding hydrogens is 272 g/mol. The zero-order valence-corrected chi connectivity index (χ0v) is 12.7. The average molecular weight is 292 g/mol. The first-order valence-corrected chi connectivity index (χ1v) is 7.71. The first kappa shape index (κ1) is 13.7. The highest BCUT2D eigenvalue weighted by Crippen LogP contribution is 2.33. The molecule has 2 aromatic heterocycles. The normalized spacial score (nSPS) is 22.6. The lowest BCUT2D eigenvalue weighted by Gasteiger charge is -2.25. The number of nitrogens with zero attached hydrogens (tertiary/aromatic N) is 3. The summed E-state index contributed by atoms with van der Waals surface area (Å²) in [5, 5.41) is 1.12. The maximum Gasteiger partial charge on any atom is 0.140 e. The molecule has 1 fully saturated rings. The molecule has 2 N–H and O–H groups in total. The predicted octanol–water partition coefficient (Wildman–Crippen LogP) is 2.15. The van der Waals surface area contributed by atoms with Crippen molar-refractivity contribution in [2.75, 3.05) is 19.1 Å². The van der Waals surface area contributed by atoms with Crippen molar-refractivity contribution in [1.29, 1.82) is 0 Å². The van der Waals surface area contributed by atoms with Crippen LogP contribution in [0.3, 0.4) is 0 Å². The van der Waals surface area contributed by atoms with Crippen molar-refractivity contribution in [2.45, 2.75) is 38.0 Å². The molecule has 1 aliphatic rings. The Morgan fingerprint density at radius 1 is 1.45 bits per heavy atom. The van der Waals surface area contributed by atoms with Crippen LogP contribution in [0.2, 0.25) is 0 Å². The van der Waals surface area contributed by atoms with Gasteiger partial charge in [-0.1, -0.05) is 0 Å². The molecule has 3 rings (SSSR count). The molecule has 5 nitrogen and oxygen atoms in total. The second-order valence-electron chi connectivity index (χ2n) is 5.40. The molecule has 0 radical (unpaired) electrons. The van der Waals surface area contributed by atoms with Gasteiger partial charge in [-0.15, -0.1) is 11.3 Å². The van der Waals surface area contributed by atoms with Crippen molar-refractivity contribution in [2.24, 2.45) is 5.73 Å². The first-order valence-electron chi connectivity index (χ1n) is 6.90. The summed E-state index contributed by atoms with van der Waals surface area (Å²) >= 11 is 1.67. The highest BCUT2D eigenvalue weighted by Gasteiger charge is 2.27. The minimum Gasteiger partial charge on any atom is -0.379 e. The third-order valence-electron chi connectivity index (χ3n) is 3.97. The number of fused-ring (bicyclic) bond motifs is 1. The van der Waals surface area contributed by atoms with Gasteiger partial charge in [0.1, 0.15) is 17.0 Å². The zero-order chi connectivity index (χ0) is 14.1. The number of thiophene rings is 1. The standard InChI is InChI=1S/C14H20N4OS/c1-18(10-4-3-9(15)5-10)13-12-6-11(7-19-2)20-14(12)17-8-16-13/h6,8-10H,3-5,7,15H2,1-2H3. The Morgan fingerprint density at radius 2 is 2.30 bits per heavy atom. The fraction of sp³-hybridized carbons (Fsp3) is 0.571. The lowest BCUT2D eigenvalue weighted by atomic mass is 10.2. The number of hydrogen-bond acceptors (Lipinski definition) is 6. The summed E-state index contributed by atoms with van der Waals surface area (Å²) in [4.78, 5) is 13.3. The molecule has 0 aromatic carbocycles. The van der Waals surface area contributed by atoms with E-state index in [9.17, 15) is 0 Å². The Kier molecular flexibility index (Phi) is 3.87. The molecule has 0 amide bonds. The van der Waals surface area contributed by atoms with E-state index in [-0.39, 0.29) is 0 Å². The van der Waals surface area contributed by atoms with Crippen LogP contribution in [0.25, 0.3) is 10.2 Å². The van der Waals surface area contributed by atoms with Crippen molar-refractivity contribution in [3.05, 3.63) is 17.3 Å². The number of aromatic nitrogens is 2. The molecule has 0 aliphatic heterocycles. The van der Waals surface area contributed by atoms with Crippen molar-refractivity contribution >= 4 is 27.4 Å². The Morgan fingerprint density at radius 3 is 3.00 bits per heavy atom. The Bertz CT molecular complexity index is 600. The second-order valence-corrected chi connectivity index (χ2v) is 6.51. The van der Waals surface area contributed by atoms with Gasteiger partial charge in [0.15, 0.2) is 0 Å². The van der Waals surface area contributed by atoms with Crippen molar-refractivity contribution in [3.8, 4) is 0 Å². The smallest absolute Gasteiger partial charge is 0.140 e. The molecule has 0 saturated heterocycles. The Labute approximate surface area is 122 Å². The molecule has 0 spiro atoms. The topological polar surface area (TPSA) is 64.3 Å². The monoisotopic (exact) mass is 292 g/mol. The van der Waals surface area contributed by atoms with Crippen LogP contribution >= 0.6 is 11.3 Å². The van der Waals surface area contributed by atoms with Crippen LogP contribution in [0.15, 0.2) is 12.4 Å². The lowest BCUT2D eigenvalue weighted by molar-refractivity contribution is 0.187.